The molecule has 1 heteroatoms. The first kappa shape index (κ1) is 7.60. The summed E-state index contributed by atoms with van der Waals surface area (Å²) < 4.78 is 0. The highest BCUT2D eigenvalue weighted by molar-refractivity contribution is 5.15. The van der Waals surface area contributed by atoms with Crippen LogP contribution in [0.5, 0.6) is 0 Å². The Balaban J connectivity index is 2.21. The molecule has 0 spiro atoms. The van der Waals surface area contributed by atoms with Crippen molar-refractivity contribution in [3.05, 3.63) is 0 Å². The van der Waals surface area contributed by atoms with Crippen molar-refractivity contribution in [2.75, 3.05) is 0 Å². The third-order valence-electron chi connectivity index (χ3n) is 4.35. The summed E-state index contributed by atoms with van der Waals surface area (Å²) in [5.74, 6) is 0. The van der Waals surface area contributed by atoms with E-state index in [1.165, 1.54) is 25.7 Å². The molecule has 2 rings (SSSR count). The maximum absolute atomic E-state index is 10.3. The lowest BCUT2D eigenvalue weighted by Crippen LogP contribution is -2.42. The van der Waals surface area contributed by atoms with E-state index < -0.39 is 5.60 Å². The molecule has 0 atom stereocenters. The summed E-state index contributed by atoms with van der Waals surface area (Å²) in [6, 6.07) is 0. The van der Waals surface area contributed by atoms with Gasteiger partial charge in [-0.25, -0.2) is 0 Å². The normalized spacial score (nSPS) is 31.6. The minimum Gasteiger partial charge on any atom is -0.389 e. The Morgan fingerprint density at radius 1 is 1.00 bits per heavy atom. The first-order chi connectivity index (χ1) is 4.91. The maximum atomic E-state index is 10.3. The molecule has 1 N–H and O–H groups in total. The minimum atomic E-state index is -0.403. The van der Waals surface area contributed by atoms with Crippen LogP contribution >= 0.6 is 0 Å². The van der Waals surface area contributed by atoms with Gasteiger partial charge in [0.2, 0.25) is 0 Å². The number of rotatable bonds is 2. The highest BCUT2D eigenvalue weighted by Gasteiger charge is 2.64. The van der Waals surface area contributed by atoms with E-state index in [1.807, 2.05) is 6.92 Å². The lowest BCUT2D eigenvalue weighted by molar-refractivity contribution is -0.0669. The zero-order valence-electron chi connectivity index (χ0n) is 7.78. The van der Waals surface area contributed by atoms with Crippen LogP contribution in [0.15, 0.2) is 0 Å². The van der Waals surface area contributed by atoms with Crippen molar-refractivity contribution in [1.29, 1.82) is 0 Å². The van der Waals surface area contributed by atoms with Crippen molar-refractivity contribution in [3.63, 3.8) is 0 Å². The van der Waals surface area contributed by atoms with Crippen LogP contribution < -0.4 is 0 Å². The monoisotopic (exact) mass is 154 g/mol. The van der Waals surface area contributed by atoms with Crippen LogP contribution in [0.25, 0.3) is 0 Å². The molecule has 0 amide bonds. The number of aliphatic hydroxyl groups is 1. The van der Waals surface area contributed by atoms with E-state index in [1.54, 1.807) is 0 Å². The molecule has 2 aliphatic carbocycles. The average Bonchev–Trinajstić information content (AvgIpc) is 2.72. The second kappa shape index (κ2) is 1.66. The fourth-order valence-corrected chi connectivity index (χ4v) is 2.08. The SMILES string of the molecule is CC1(C(C)(O)C2(C)CC2)CC1. The van der Waals surface area contributed by atoms with Gasteiger partial charge in [-0.15, -0.1) is 0 Å². The van der Waals surface area contributed by atoms with E-state index in [2.05, 4.69) is 13.8 Å². The molecule has 0 radical (unpaired) electrons. The Morgan fingerprint density at radius 3 is 1.45 bits per heavy atom. The zero-order chi connectivity index (χ0) is 8.33. The maximum Gasteiger partial charge on any atom is 0.0726 e. The van der Waals surface area contributed by atoms with Crippen LogP contribution in [0.4, 0.5) is 0 Å². The van der Waals surface area contributed by atoms with Crippen molar-refractivity contribution in [1.82, 2.24) is 0 Å². The lowest BCUT2D eigenvalue weighted by atomic mass is 9.75. The van der Waals surface area contributed by atoms with E-state index in [0.29, 0.717) is 0 Å². The Bertz CT molecular complexity index is 165. The van der Waals surface area contributed by atoms with Gasteiger partial charge in [-0.2, -0.15) is 0 Å². The summed E-state index contributed by atoms with van der Waals surface area (Å²) in [5.41, 5.74) is 0.0938. The summed E-state index contributed by atoms with van der Waals surface area (Å²) >= 11 is 0. The standard InChI is InChI=1S/C10H18O/c1-8(4-5-8)10(3,11)9(2)6-7-9/h11H,4-7H2,1-3H3. The zero-order valence-corrected chi connectivity index (χ0v) is 7.78. The van der Waals surface area contributed by atoms with Crippen LogP contribution in [0.2, 0.25) is 0 Å². The topological polar surface area (TPSA) is 20.2 Å². The second-order valence-electron chi connectivity index (χ2n) is 5.19. The van der Waals surface area contributed by atoms with Crippen LogP contribution in [0, 0.1) is 10.8 Å². The highest BCUT2D eigenvalue weighted by Crippen LogP contribution is 2.66. The fraction of sp³-hybridized carbons (Fsp3) is 1.00. The molecule has 2 aliphatic rings. The summed E-state index contributed by atoms with van der Waals surface area (Å²) in [6.07, 6.45) is 4.87. The highest BCUT2D eigenvalue weighted by atomic mass is 16.3. The molecule has 0 aromatic carbocycles. The summed E-state index contributed by atoms with van der Waals surface area (Å²) in [7, 11) is 0. The van der Waals surface area contributed by atoms with Crippen LogP contribution in [0.1, 0.15) is 46.5 Å². The second-order valence-corrected chi connectivity index (χ2v) is 5.19. The first-order valence-electron chi connectivity index (χ1n) is 4.64. The van der Waals surface area contributed by atoms with E-state index in [4.69, 9.17) is 0 Å². The molecule has 0 aliphatic heterocycles. The van der Waals surface area contributed by atoms with Gasteiger partial charge >= 0.3 is 0 Å². The molecule has 11 heavy (non-hydrogen) atoms. The van der Waals surface area contributed by atoms with Crippen LogP contribution in [0.3, 0.4) is 0 Å². The van der Waals surface area contributed by atoms with Gasteiger partial charge in [0.15, 0.2) is 0 Å². The predicted octanol–water partition coefficient (Wildman–Crippen LogP) is 2.34. The van der Waals surface area contributed by atoms with Crippen molar-refractivity contribution < 1.29 is 5.11 Å². The summed E-state index contributed by atoms with van der Waals surface area (Å²) in [6.45, 7) is 6.47. The van der Waals surface area contributed by atoms with Crippen LogP contribution in [-0.2, 0) is 0 Å². The molecular formula is C10H18O. The Hall–Kier alpha value is -0.0400. The van der Waals surface area contributed by atoms with Crippen LogP contribution in [-0.4, -0.2) is 10.7 Å². The Morgan fingerprint density at radius 2 is 1.27 bits per heavy atom. The summed E-state index contributed by atoms with van der Waals surface area (Å²) in [4.78, 5) is 0. The van der Waals surface area contributed by atoms with Gasteiger partial charge in [-0.1, -0.05) is 13.8 Å². The Kier molecular flexibility index (Phi) is 1.15. The molecule has 2 fully saturated rings. The molecule has 0 bridgehead atoms. The number of hydrogen-bond donors (Lipinski definition) is 1. The lowest BCUT2D eigenvalue weighted by Gasteiger charge is -2.37. The van der Waals surface area contributed by atoms with E-state index in [0.717, 1.165) is 0 Å². The van der Waals surface area contributed by atoms with Gasteiger partial charge < -0.3 is 5.11 Å². The minimum absolute atomic E-state index is 0.248. The van der Waals surface area contributed by atoms with E-state index in [9.17, 15) is 5.11 Å². The number of hydrogen-bond acceptors (Lipinski definition) is 1. The molecule has 1 nitrogen and oxygen atoms in total. The third kappa shape index (κ3) is 0.807. The van der Waals surface area contributed by atoms with Gasteiger partial charge in [-0.05, 0) is 43.4 Å². The van der Waals surface area contributed by atoms with Gasteiger partial charge in [0, 0.05) is 0 Å². The van der Waals surface area contributed by atoms with E-state index in [-0.39, 0.29) is 10.8 Å². The van der Waals surface area contributed by atoms with Gasteiger partial charge in [-0.3, -0.25) is 0 Å². The third-order valence-corrected chi connectivity index (χ3v) is 4.35. The quantitative estimate of drug-likeness (QED) is 0.647. The first-order valence-corrected chi connectivity index (χ1v) is 4.64. The average molecular weight is 154 g/mol. The summed E-state index contributed by atoms with van der Waals surface area (Å²) in [5, 5.41) is 10.3. The van der Waals surface area contributed by atoms with Crippen molar-refractivity contribution >= 4 is 0 Å². The molecule has 2 saturated carbocycles. The predicted molar refractivity (Wildman–Crippen MR) is 45.3 cm³/mol. The fourth-order valence-electron chi connectivity index (χ4n) is 2.08. The Labute approximate surface area is 68.8 Å². The largest absolute Gasteiger partial charge is 0.389 e. The van der Waals surface area contributed by atoms with Gasteiger partial charge in [0.25, 0.3) is 0 Å². The van der Waals surface area contributed by atoms with Crippen molar-refractivity contribution in [3.8, 4) is 0 Å². The molecular weight excluding hydrogens is 136 g/mol. The van der Waals surface area contributed by atoms with Gasteiger partial charge in [0.05, 0.1) is 5.60 Å². The molecule has 64 valence electrons. The molecule has 0 aromatic heterocycles. The molecule has 0 aromatic rings. The van der Waals surface area contributed by atoms with Crippen molar-refractivity contribution in [2.24, 2.45) is 10.8 Å². The molecule has 0 unspecified atom stereocenters. The smallest absolute Gasteiger partial charge is 0.0726 e. The van der Waals surface area contributed by atoms with E-state index >= 15 is 0 Å². The molecule has 0 heterocycles. The van der Waals surface area contributed by atoms with Gasteiger partial charge in [0.1, 0.15) is 0 Å². The van der Waals surface area contributed by atoms with Crippen molar-refractivity contribution in [2.45, 2.75) is 52.1 Å². The molecule has 0 saturated heterocycles.